The Morgan fingerprint density at radius 3 is 2.45 bits per heavy atom. The standard InChI is InChI=1S/C15H20N4S/c1-11-4-5-14(17-8-11)18-9-12(2)19(13(3)10-18)15-16-6-7-20-15/h4-8,12-13H,9-10H2,1-3H3. The second kappa shape index (κ2) is 5.40. The summed E-state index contributed by atoms with van der Waals surface area (Å²) < 4.78 is 0. The molecule has 0 aromatic carbocycles. The van der Waals surface area contributed by atoms with Crippen LogP contribution in [0.25, 0.3) is 0 Å². The maximum absolute atomic E-state index is 4.55. The van der Waals surface area contributed by atoms with Crippen LogP contribution < -0.4 is 9.80 Å². The van der Waals surface area contributed by atoms with Gasteiger partial charge in [0.25, 0.3) is 0 Å². The van der Waals surface area contributed by atoms with Crippen molar-refractivity contribution in [3.05, 3.63) is 35.5 Å². The molecule has 20 heavy (non-hydrogen) atoms. The van der Waals surface area contributed by atoms with E-state index in [1.807, 2.05) is 17.8 Å². The molecule has 106 valence electrons. The van der Waals surface area contributed by atoms with Gasteiger partial charge in [-0.1, -0.05) is 6.07 Å². The van der Waals surface area contributed by atoms with E-state index in [4.69, 9.17) is 0 Å². The zero-order valence-corrected chi connectivity index (χ0v) is 13.0. The van der Waals surface area contributed by atoms with Gasteiger partial charge in [-0.15, -0.1) is 11.3 Å². The third kappa shape index (κ3) is 2.50. The van der Waals surface area contributed by atoms with Crippen molar-refractivity contribution in [1.82, 2.24) is 9.97 Å². The van der Waals surface area contributed by atoms with Gasteiger partial charge in [-0.25, -0.2) is 9.97 Å². The van der Waals surface area contributed by atoms with Crippen molar-refractivity contribution in [3.63, 3.8) is 0 Å². The lowest BCUT2D eigenvalue weighted by Crippen LogP contribution is -2.57. The number of nitrogens with zero attached hydrogens (tertiary/aromatic N) is 4. The number of anilines is 2. The van der Waals surface area contributed by atoms with Crippen molar-refractivity contribution >= 4 is 22.3 Å². The van der Waals surface area contributed by atoms with Gasteiger partial charge in [-0.05, 0) is 32.4 Å². The quantitative estimate of drug-likeness (QED) is 0.850. The summed E-state index contributed by atoms with van der Waals surface area (Å²) in [5.74, 6) is 1.08. The highest BCUT2D eigenvalue weighted by atomic mass is 32.1. The van der Waals surface area contributed by atoms with E-state index in [0.717, 1.165) is 24.0 Å². The van der Waals surface area contributed by atoms with E-state index >= 15 is 0 Å². The van der Waals surface area contributed by atoms with Crippen molar-refractivity contribution < 1.29 is 0 Å². The molecule has 0 aliphatic carbocycles. The predicted octanol–water partition coefficient (Wildman–Crippen LogP) is 2.95. The fourth-order valence-electron chi connectivity index (χ4n) is 2.88. The maximum Gasteiger partial charge on any atom is 0.185 e. The molecular formula is C15H20N4S. The Morgan fingerprint density at radius 2 is 1.90 bits per heavy atom. The van der Waals surface area contributed by atoms with Gasteiger partial charge in [0, 0.05) is 42.9 Å². The van der Waals surface area contributed by atoms with E-state index in [2.05, 4.69) is 52.7 Å². The molecule has 1 saturated heterocycles. The Morgan fingerprint density at radius 1 is 1.15 bits per heavy atom. The van der Waals surface area contributed by atoms with Crippen molar-refractivity contribution in [2.45, 2.75) is 32.9 Å². The molecule has 2 atom stereocenters. The second-order valence-corrected chi connectivity index (χ2v) is 6.39. The van der Waals surface area contributed by atoms with Gasteiger partial charge in [0.15, 0.2) is 5.13 Å². The van der Waals surface area contributed by atoms with Gasteiger partial charge in [0.1, 0.15) is 5.82 Å². The van der Waals surface area contributed by atoms with Crippen molar-refractivity contribution in [2.75, 3.05) is 22.9 Å². The number of aryl methyl sites for hydroxylation is 1. The Hall–Kier alpha value is -1.62. The summed E-state index contributed by atoms with van der Waals surface area (Å²) in [6.45, 7) is 8.57. The van der Waals surface area contributed by atoms with E-state index in [-0.39, 0.29) is 0 Å². The lowest BCUT2D eigenvalue weighted by atomic mass is 10.1. The number of thiazole rings is 1. The number of piperazine rings is 1. The predicted molar refractivity (Wildman–Crippen MR) is 84.7 cm³/mol. The summed E-state index contributed by atoms with van der Waals surface area (Å²) in [7, 11) is 0. The molecule has 2 unspecified atom stereocenters. The molecule has 0 spiro atoms. The van der Waals surface area contributed by atoms with E-state index in [9.17, 15) is 0 Å². The molecular weight excluding hydrogens is 268 g/mol. The van der Waals surface area contributed by atoms with Crippen molar-refractivity contribution in [2.24, 2.45) is 0 Å². The minimum atomic E-state index is 0.438. The van der Waals surface area contributed by atoms with E-state index in [1.54, 1.807) is 11.3 Å². The second-order valence-electron chi connectivity index (χ2n) is 5.52. The molecule has 0 saturated carbocycles. The number of rotatable bonds is 2. The summed E-state index contributed by atoms with van der Waals surface area (Å²) in [6.07, 6.45) is 3.82. The van der Waals surface area contributed by atoms with E-state index in [1.165, 1.54) is 5.56 Å². The molecule has 1 aliphatic rings. The lowest BCUT2D eigenvalue weighted by Gasteiger charge is -2.44. The van der Waals surface area contributed by atoms with Gasteiger partial charge < -0.3 is 9.80 Å². The molecule has 4 nitrogen and oxygen atoms in total. The SMILES string of the molecule is Cc1ccc(N2CC(C)N(c3nccs3)C(C)C2)nc1. The molecule has 2 aromatic heterocycles. The van der Waals surface area contributed by atoms with Crippen LogP contribution in [-0.4, -0.2) is 35.1 Å². The summed E-state index contributed by atoms with van der Waals surface area (Å²) in [6, 6.07) is 5.12. The minimum absolute atomic E-state index is 0.438. The third-order valence-corrected chi connectivity index (χ3v) is 4.56. The first-order valence-corrected chi connectivity index (χ1v) is 7.88. The highest BCUT2D eigenvalue weighted by molar-refractivity contribution is 7.13. The molecule has 0 amide bonds. The smallest absolute Gasteiger partial charge is 0.185 e. The molecule has 1 fully saturated rings. The first-order chi connectivity index (χ1) is 9.65. The number of hydrogen-bond acceptors (Lipinski definition) is 5. The fraction of sp³-hybridized carbons (Fsp3) is 0.467. The molecule has 3 rings (SSSR count). The topological polar surface area (TPSA) is 32.3 Å². The van der Waals surface area contributed by atoms with Crippen molar-refractivity contribution in [3.8, 4) is 0 Å². The van der Waals surface area contributed by atoms with Crippen LogP contribution in [0.2, 0.25) is 0 Å². The average molecular weight is 288 g/mol. The molecule has 0 N–H and O–H groups in total. The van der Waals surface area contributed by atoms with E-state index in [0.29, 0.717) is 12.1 Å². The Balaban J connectivity index is 1.79. The van der Waals surface area contributed by atoms with Crippen LogP contribution in [0.3, 0.4) is 0 Å². The summed E-state index contributed by atoms with van der Waals surface area (Å²) >= 11 is 1.72. The van der Waals surface area contributed by atoms with Crippen molar-refractivity contribution in [1.29, 1.82) is 0 Å². The van der Waals surface area contributed by atoms with Crippen LogP contribution in [-0.2, 0) is 0 Å². The van der Waals surface area contributed by atoms with Gasteiger partial charge >= 0.3 is 0 Å². The first-order valence-electron chi connectivity index (χ1n) is 7.00. The van der Waals surface area contributed by atoms with Crippen LogP contribution in [0.5, 0.6) is 0 Å². The molecule has 2 aromatic rings. The summed E-state index contributed by atoms with van der Waals surface area (Å²) in [5, 5.41) is 3.17. The number of pyridine rings is 1. The zero-order chi connectivity index (χ0) is 14.1. The van der Waals surface area contributed by atoms with Crippen LogP contribution in [0.15, 0.2) is 29.9 Å². The lowest BCUT2D eigenvalue weighted by molar-refractivity contribution is 0.472. The minimum Gasteiger partial charge on any atom is -0.353 e. The Kier molecular flexibility index (Phi) is 3.61. The van der Waals surface area contributed by atoms with E-state index < -0.39 is 0 Å². The maximum atomic E-state index is 4.55. The normalized spacial score (nSPS) is 23.1. The highest BCUT2D eigenvalue weighted by Crippen LogP contribution is 2.28. The molecule has 3 heterocycles. The molecule has 5 heteroatoms. The highest BCUT2D eigenvalue weighted by Gasteiger charge is 2.31. The molecule has 1 aliphatic heterocycles. The van der Waals surface area contributed by atoms with Crippen LogP contribution in [0.1, 0.15) is 19.4 Å². The van der Waals surface area contributed by atoms with Gasteiger partial charge in [-0.3, -0.25) is 0 Å². The Labute approximate surface area is 124 Å². The summed E-state index contributed by atoms with van der Waals surface area (Å²) in [5.41, 5.74) is 1.20. The summed E-state index contributed by atoms with van der Waals surface area (Å²) in [4.78, 5) is 13.8. The largest absolute Gasteiger partial charge is 0.353 e. The third-order valence-electron chi connectivity index (χ3n) is 3.78. The zero-order valence-electron chi connectivity index (χ0n) is 12.2. The van der Waals surface area contributed by atoms with Gasteiger partial charge in [0.05, 0.1) is 0 Å². The van der Waals surface area contributed by atoms with Crippen LogP contribution in [0, 0.1) is 6.92 Å². The molecule has 0 radical (unpaired) electrons. The monoisotopic (exact) mass is 288 g/mol. The Bertz CT molecular complexity index is 540. The van der Waals surface area contributed by atoms with Gasteiger partial charge in [0.2, 0.25) is 0 Å². The van der Waals surface area contributed by atoms with Crippen LogP contribution in [0.4, 0.5) is 10.9 Å². The molecule has 0 bridgehead atoms. The van der Waals surface area contributed by atoms with Gasteiger partial charge in [-0.2, -0.15) is 0 Å². The number of hydrogen-bond donors (Lipinski definition) is 0. The van der Waals surface area contributed by atoms with Crippen LogP contribution >= 0.6 is 11.3 Å². The number of aromatic nitrogens is 2. The fourth-order valence-corrected chi connectivity index (χ4v) is 3.72. The average Bonchev–Trinajstić information content (AvgIpc) is 2.92. The first kappa shape index (κ1) is 13.4.